The third-order valence-corrected chi connectivity index (χ3v) is 4.45. The van der Waals surface area contributed by atoms with E-state index in [-0.39, 0.29) is 30.2 Å². The molecule has 3 aromatic rings. The van der Waals surface area contributed by atoms with Gasteiger partial charge in [0.2, 0.25) is 5.91 Å². The molecule has 0 bridgehead atoms. The first-order valence-corrected chi connectivity index (χ1v) is 8.87. The molecule has 0 radical (unpaired) electrons. The van der Waals surface area contributed by atoms with Crippen molar-refractivity contribution >= 4 is 23.2 Å². The minimum absolute atomic E-state index is 0.117. The first-order valence-electron chi connectivity index (χ1n) is 8.49. The molecule has 0 spiro atoms. The van der Waals surface area contributed by atoms with Crippen LogP contribution in [-0.4, -0.2) is 21.9 Å². The molecule has 1 heterocycles. The highest BCUT2D eigenvalue weighted by atomic mass is 35.5. The molecule has 2 aromatic carbocycles. The molecule has 0 aliphatic rings. The normalized spacial score (nSPS) is 10.6. The van der Waals surface area contributed by atoms with Crippen LogP contribution in [0.5, 0.6) is 5.75 Å². The van der Waals surface area contributed by atoms with Crippen LogP contribution in [0.4, 0.5) is 5.69 Å². The Morgan fingerprint density at radius 2 is 1.89 bits per heavy atom. The lowest BCUT2D eigenvalue weighted by Gasteiger charge is -2.07. The van der Waals surface area contributed by atoms with Gasteiger partial charge in [0.25, 0.3) is 5.56 Å². The van der Waals surface area contributed by atoms with Gasteiger partial charge in [0, 0.05) is 12.1 Å². The zero-order valence-corrected chi connectivity index (χ0v) is 15.9. The maximum absolute atomic E-state index is 12.8. The molecular formula is C20H20ClN3O3. The second-order valence-electron chi connectivity index (χ2n) is 6.04. The Morgan fingerprint density at radius 3 is 2.59 bits per heavy atom. The van der Waals surface area contributed by atoms with Gasteiger partial charge in [0.15, 0.2) is 0 Å². The average molecular weight is 386 g/mol. The summed E-state index contributed by atoms with van der Waals surface area (Å²) in [5.41, 5.74) is 1.41. The molecule has 0 aliphatic heterocycles. The van der Waals surface area contributed by atoms with E-state index in [0.29, 0.717) is 16.5 Å². The first kappa shape index (κ1) is 18.8. The Hall–Kier alpha value is -2.99. The Kier molecular flexibility index (Phi) is 5.66. The summed E-state index contributed by atoms with van der Waals surface area (Å²) in [5, 5.41) is 3.28. The average Bonchev–Trinajstić information content (AvgIpc) is 2.86. The number of carbonyl (C=O) groups excluding carboxylic acids is 1. The SMILES string of the molecule is Cc1c(NC(=O)CCOc2cccc(Cl)c2)c(=O)n(-c2ccccc2)n1C. The maximum atomic E-state index is 12.8. The summed E-state index contributed by atoms with van der Waals surface area (Å²) < 4.78 is 8.76. The molecule has 6 nitrogen and oxygen atoms in total. The van der Waals surface area contributed by atoms with Crippen LogP contribution in [0.2, 0.25) is 5.02 Å². The summed E-state index contributed by atoms with van der Waals surface area (Å²) in [6, 6.07) is 16.2. The van der Waals surface area contributed by atoms with Crippen LogP contribution in [-0.2, 0) is 11.8 Å². The third-order valence-electron chi connectivity index (χ3n) is 4.21. The predicted octanol–water partition coefficient (Wildman–Crippen LogP) is 3.55. The summed E-state index contributed by atoms with van der Waals surface area (Å²) in [6.45, 7) is 1.98. The second kappa shape index (κ2) is 8.14. The van der Waals surface area contributed by atoms with Crippen LogP contribution in [0.1, 0.15) is 12.1 Å². The van der Waals surface area contributed by atoms with E-state index in [0.717, 1.165) is 5.69 Å². The van der Waals surface area contributed by atoms with Crippen LogP contribution in [0.25, 0.3) is 5.69 Å². The van der Waals surface area contributed by atoms with Gasteiger partial charge in [-0.15, -0.1) is 0 Å². The minimum atomic E-state index is -0.289. The molecule has 1 amide bonds. The Labute approximate surface area is 161 Å². The molecule has 3 rings (SSSR count). The lowest BCUT2D eigenvalue weighted by Crippen LogP contribution is -2.23. The number of rotatable bonds is 6. The summed E-state index contributed by atoms with van der Waals surface area (Å²) in [4.78, 5) is 25.0. The smallest absolute Gasteiger partial charge is 0.295 e. The van der Waals surface area contributed by atoms with Gasteiger partial charge in [0.1, 0.15) is 11.4 Å². The van der Waals surface area contributed by atoms with Crippen molar-refractivity contribution in [3.63, 3.8) is 0 Å². The largest absolute Gasteiger partial charge is 0.493 e. The number of amides is 1. The summed E-state index contributed by atoms with van der Waals surface area (Å²) >= 11 is 5.90. The van der Waals surface area contributed by atoms with Crippen molar-refractivity contribution in [2.24, 2.45) is 7.05 Å². The van der Waals surface area contributed by atoms with Gasteiger partial charge in [0.05, 0.1) is 24.4 Å². The van der Waals surface area contributed by atoms with Gasteiger partial charge in [-0.1, -0.05) is 35.9 Å². The molecule has 0 saturated carbocycles. The van der Waals surface area contributed by atoms with Crippen molar-refractivity contribution in [1.82, 2.24) is 9.36 Å². The number of para-hydroxylation sites is 1. The highest BCUT2D eigenvalue weighted by Crippen LogP contribution is 2.17. The molecule has 1 aromatic heterocycles. The fourth-order valence-electron chi connectivity index (χ4n) is 2.73. The molecule has 0 saturated heterocycles. The van der Waals surface area contributed by atoms with E-state index in [9.17, 15) is 9.59 Å². The number of hydrogen-bond donors (Lipinski definition) is 1. The van der Waals surface area contributed by atoms with Crippen LogP contribution >= 0.6 is 11.6 Å². The van der Waals surface area contributed by atoms with E-state index in [1.165, 1.54) is 4.68 Å². The minimum Gasteiger partial charge on any atom is -0.493 e. The summed E-state index contributed by atoms with van der Waals surface area (Å²) in [6.07, 6.45) is 0.117. The standard InChI is InChI=1S/C20H20ClN3O3/c1-14-19(20(26)24(23(14)2)16-8-4-3-5-9-16)22-18(25)11-12-27-17-10-6-7-15(21)13-17/h3-10,13H,11-12H2,1-2H3,(H,22,25). The van der Waals surface area contributed by atoms with E-state index in [4.69, 9.17) is 16.3 Å². The number of nitrogens with zero attached hydrogens (tertiary/aromatic N) is 2. The van der Waals surface area contributed by atoms with Crippen LogP contribution in [0.15, 0.2) is 59.4 Å². The maximum Gasteiger partial charge on any atom is 0.295 e. The van der Waals surface area contributed by atoms with E-state index >= 15 is 0 Å². The monoisotopic (exact) mass is 385 g/mol. The van der Waals surface area contributed by atoms with Crippen molar-refractivity contribution in [2.45, 2.75) is 13.3 Å². The highest BCUT2D eigenvalue weighted by molar-refractivity contribution is 6.30. The van der Waals surface area contributed by atoms with Crippen LogP contribution < -0.4 is 15.6 Å². The number of halogens is 1. The molecule has 1 N–H and O–H groups in total. The van der Waals surface area contributed by atoms with Gasteiger partial charge < -0.3 is 10.1 Å². The van der Waals surface area contributed by atoms with Crippen molar-refractivity contribution in [1.29, 1.82) is 0 Å². The van der Waals surface area contributed by atoms with Crippen molar-refractivity contribution in [2.75, 3.05) is 11.9 Å². The van der Waals surface area contributed by atoms with E-state index in [2.05, 4.69) is 5.32 Å². The summed E-state index contributed by atoms with van der Waals surface area (Å²) in [7, 11) is 1.78. The highest BCUT2D eigenvalue weighted by Gasteiger charge is 2.17. The molecule has 0 atom stereocenters. The zero-order valence-electron chi connectivity index (χ0n) is 15.1. The first-order chi connectivity index (χ1) is 13.0. The molecule has 0 aliphatic carbocycles. The van der Waals surface area contributed by atoms with Crippen molar-refractivity contribution < 1.29 is 9.53 Å². The second-order valence-corrected chi connectivity index (χ2v) is 6.48. The number of carbonyl (C=O) groups is 1. The lowest BCUT2D eigenvalue weighted by atomic mass is 10.3. The van der Waals surface area contributed by atoms with Gasteiger partial charge in [-0.05, 0) is 37.3 Å². The van der Waals surface area contributed by atoms with Crippen LogP contribution in [0, 0.1) is 6.92 Å². The summed E-state index contributed by atoms with van der Waals surface area (Å²) in [5.74, 6) is 0.306. The number of ether oxygens (including phenoxy) is 1. The van der Waals surface area contributed by atoms with Gasteiger partial charge in [-0.3, -0.25) is 14.3 Å². The third kappa shape index (κ3) is 4.23. The number of anilines is 1. The molecule has 27 heavy (non-hydrogen) atoms. The van der Waals surface area contributed by atoms with E-state index < -0.39 is 0 Å². The van der Waals surface area contributed by atoms with Gasteiger partial charge in [-0.2, -0.15) is 0 Å². The van der Waals surface area contributed by atoms with Gasteiger partial charge in [-0.25, -0.2) is 4.68 Å². The number of benzene rings is 2. The Bertz CT molecular complexity index is 1010. The zero-order chi connectivity index (χ0) is 19.4. The fraction of sp³-hybridized carbons (Fsp3) is 0.200. The van der Waals surface area contributed by atoms with Crippen molar-refractivity contribution in [3.8, 4) is 11.4 Å². The molecular weight excluding hydrogens is 366 g/mol. The van der Waals surface area contributed by atoms with Crippen molar-refractivity contribution in [3.05, 3.63) is 75.7 Å². The predicted molar refractivity (Wildman–Crippen MR) is 106 cm³/mol. The quantitative estimate of drug-likeness (QED) is 0.705. The molecule has 7 heteroatoms. The van der Waals surface area contributed by atoms with E-state index in [1.807, 2.05) is 30.3 Å². The van der Waals surface area contributed by atoms with E-state index in [1.54, 1.807) is 42.9 Å². The molecule has 0 fully saturated rings. The fourth-order valence-corrected chi connectivity index (χ4v) is 2.91. The number of hydrogen-bond acceptors (Lipinski definition) is 3. The lowest BCUT2D eigenvalue weighted by molar-refractivity contribution is -0.116. The topological polar surface area (TPSA) is 65.3 Å². The Balaban J connectivity index is 1.68. The Morgan fingerprint density at radius 1 is 1.15 bits per heavy atom. The number of aromatic nitrogens is 2. The van der Waals surface area contributed by atoms with Gasteiger partial charge >= 0.3 is 0 Å². The van der Waals surface area contributed by atoms with Crippen LogP contribution in [0.3, 0.4) is 0 Å². The molecule has 0 unspecified atom stereocenters. The number of nitrogens with one attached hydrogen (secondary N) is 1. The molecule has 140 valence electrons.